The Hall–Kier alpha value is -0.520. The van der Waals surface area contributed by atoms with Gasteiger partial charge < -0.3 is 9.47 Å². The monoisotopic (exact) mass is 428 g/mol. The lowest BCUT2D eigenvalue weighted by molar-refractivity contribution is -0.132. The summed E-state index contributed by atoms with van der Waals surface area (Å²) in [5.41, 5.74) is 0. The van der Waals surface area contributed by atoms with Crippen molar-refractivity contribution in [3.8, 4) is 11.8 Å². The molecule has 0 aromatic carbocycles. The summed E-state index contributed by atoms with van der Waals surface area (Å²) in [6.45, 7) is 0.510. The van der Waals surface area contributed by atoms with Gasteiger partial charge in [0, 0.05) is 11.8 Å². The molecule has 0 heterocycles. The van der Waals surface area contributed by atoms with Crippen molar-refractivity contribution in [1.29, 1.82) is 0 Å². The van der Waals surface area contributed by atoms with Crippen LogP contribution in [0.15, 0.2) is 0 Å². The molecule has 0 spiro atoms. The van der Waals surface area contributed by atoms with E-state index in [1.807, 2.05) is 0 Å². The van der Waals surface area contributed by atoms with E-state index in [4.69, 9.17) is 9.47 Å². The van der Waals surface area contributed by atoms with Gasteiger partial charge in [-0.25, -0.2) is 0 Å². The topological polar surface area (TPSA) is 18.5 Å². The fourth-order valence-corrected chi connectivity index (χ4v) is 6.62. The lowest BCUT2D eigenvalue weighted by atomic mass is 9.77. The van der Waals surface area contributed by atoms with Crippen LogP contribution in [0.2, 0.25) is 0 Å². The van der Waals surface area contributed by atoms with E-state index in [1.54, 1.807) is 0 Å². The molecular weight excluding hydrogens is 380 g/mol. The van der Waals surface area contributed by atoms with Crippen LogP contribution in [0, 0.1) is 35.5 Å². The lowest BCUT2D eigenvalue weighted by Gasteiger charge is -2.29. The summed E-state index contributed by atoms with van der Waals surface area (Å²) >= 11 is 0. The van der Waals surface area contributed by atoms with E-state index >= 15 is 0 Å². The molecule has 4 saturated carbocycles. The number of hydrogen-bond donors (Lipinski definition) is 0. The number of hydrogen-bond acceptors (Lipinski definition) is 2. The number of rotatable bonds is 7. The normalized spacial score (nSPS) is 33.5. The predicted octanol–water partition coefficient (Wildman–Crippen LogP) is 8.04. The third-order valence-corrected chi connectivity index (χ3v) is 8.88. The first-order valence-electron chi connectivity index (χ1n) is 14.1. The smallest absolute Gasteiger partial charge is 0.147 e. The molecule has 0 amide bonds. The summed E-state index contributed by atoms with van der Waals surface area (Å²) in [6, 6.07) is 0. The second-order valence-corrected chi connectivity index (χ2v) is 11.3. The first kappa shape index (κ1) is 23.6. The molecule has 0 saturated heterocycles. The van der Waals surface area contributed by atoms with Gasteiger partial charge in [-0.1, -0.05) is 76.0 Å². The van der Waals surface area contributed by atoms with E-state index in [1.165, 1.54) is 128 Å². The fraction of sp³-hybridized carbons (Fsp3) is 0.931. The van der Waals surface area contributed by atoms with Gasteiger partial charge >= 0.3 is 0 Å². The molecule has 0 unspecified atom stereocenters. The van der Waals surface area contributed by atoms with Gasteiger partial charge in [0.15, 0.2) is 0 Å². The molecular formula is C29H48O2. The van der Waals surface area contributed by atoms with Crippen molar-refractivity contribution in [2.45, 2.75) is 141 Å². The van der Waals surface area contributed by atoms with Crippen LogP contribution in [-0.2, 0) is 9.47 Å². The van der Waals surface area contributed by atoms with Gasteiger partial charge in [0.05, 0.1) is 12.2 Å². The van der Waals surface area contributed by atoms with Gasteiger partial charge in [0.25, 0.3) is 0 Å². The summed E-state index contributed by atoms with van der Waals surface area (Å²) in [5.74, 6) is 10.7. The first-order chi connectivity index (χ1) is 15.3. The highest BCUT2D eigenvalue weighted by Crippen LogP contribution is 2.35. The molecule has 0 atom stereocenters. The van der Waals surface area contributed by atoms with Crippen molar-refractivity contribution in [3.63, 3.8) is 0 Å². The highest BCUT2D eigenvalue weighted by molar-refractivity contribution is 5.09. The van der Waals surface area contributed by atoms with Crippen LogP contribution in [0.3, 0.4) is 0 Å². The molecule has 0 aliphatic heterocycles. The highest BCUT2D eigenvalue weighted by Gasteiger charge is 2.24. The molecule has 4 rings (SSSR count). The van der Waals surface area contributed by atoms with Gasteiger partial charge in [-0.3, -0.25) is 0 Å². The Labute approximate surface area is 192 Å². The second-order valence-electron chi connectivity index (χ2n) is 11.3. The number of ether oxygens (including phenoxy) is 2. The molecule has 31 heavy (non-hydrogen) atoms. The molecule has 2 nitrogen and oxygen atoms in total. The summed E-state index contributed by atoms with van der Waals surface area (Å²) in [7, 11) is 0. The maximum Gasteiger partial charge on any atom is 0.147 e. The quantitative estimate of drug-likeness (QED) is 0.302. The zero-order valence-electron chi connectivity index (χ0n) is 20.1. The van der Waals surface area contributed by atoms with Crippen LogP contribution >= 0.6 is 0 Å². The highest BCUT2D eigenvalue weighted by atomic mass is 16.7. The van der Waals surface area contributed by atoms with Crippen LogP contribution in [-0.4, -0.2) is 19.0 Å². The van der Waals surface area contributed by atoms with Crippen molar-refractivity contribution in [2.75, 3.05) is 6.79 Å². The Morgan fingerprint density at radius 3 is 1.48 bits per heavy atom. The second kappa shape index (κ2) is 13.3. The fourth-order valence-electron chi connectivity index (χ4n) is 6.62. The maximum absolute atomic E-state index is 6.04. The van der Waals surface area contributed by atoms with Gasteiger partial charge in [-0.2, -0.15) is 0 Å². The van der Waals surface area contributed by atoms with Crippen LogP contribution in [0.4, 0.5) is 0 Å². The third kappa shape index (κ3) is 8.40. The summed E-state index contributed by atoms with van der Waals surface area (Å²) in [5, 5.41) is 0. The van der Waals surface area contributed by atoms with Gasteiger partial charge in [0.1, 0.15) is 6.79 Å². The summed E-state index contributed by atoms with van der Waals surface area (Å²) < 4.78 is 12.0. The molecule has 0 aromatic heterocycles. The van der Waals surface area contributed by atoms with Gasteiger partial charge in [0.2, 0.25) is 0 Å². The Morgan fingerprint density at radius 2 is 0.903 bits per heavy atom. The molecule has 4 fully saturated rings. The standard InChI is InChI=1S/C29H48O2/c1-3-7-24(8-4-1)11-12-25-13-15-26(16-14-25)17-18-27-19-21-29(22-20-27)31-23-30-28-9-5-2-6-10-28/h24-29H,1-16,19-23H2. The first-order valence-corrected chi connectivity index (χ1v) is 14.1. The van der Waals surface area contributed by atoms with Gasteiger partial charge in [-0.05, 0) is 76.0 Å². The zero-order chi connectivity index (χ0) is 21.1. The van der Waals surface area contributed by atoms with Crippen molar-refractivity contribution < 1.29 is 9.47 Å². The van der Waals surface area contributed by atoms with Gasteiger partial charge in [-0.15, -0.1) is 0 Å². The third-order valence-electron chi connectivity index (χ3n) is 8.88. The van der Waals surface area contributed by atoms with Crippen LogP contribution in [0.5, 0.6) is 0 Å². The van der Waals surface area contributed by atoms with E-state index in [2.05, 4.69) is 11.8 Å². The molecule has 0 radical (unpaired) electrons. The molecule has 176 valence electrons. The molecule has 0 N–H and O–H groups in total. The Bertz CT molecular complexity index is 533. The molecule has 0 aromatic rings. The molecule has 0 bridgehead atoms. The summed E-state index contributed by atoms with van der Waals surface area (Å²) in [4.78, 5) is 0. The van der Waals surface area contributed by atoms with Crippen molar-refractivity contribution >= 4 is 0 Å². The summed E-state index contributed by atoms with van der Waals surface area (Å²) in [6.07, 6.45) is 28.3. The Balaban J connectivity index is 1.05. The Morgan fingerprint density at radius 1 is 0.452 bits per heavy atom. The van der Waals surface area contributed by atoms with Crippen LogP contribution in [0.1, 0.15) is 128 Å². The van der Waals surface area contributed by atoms with Crippen molar-refractivity contribution in [1.82, 2.24) is 0 Å². The molecule has 4 aliphatic carbocycles. The van der Waals surface area contributed by atoms with Crippen LogP contribution in [0.25, 0.3) is 0 Å². The largest absolute Gasteiger partial charge is 0.352 e. The minimum Gasteiger partial charge on any atom is -0.352 e. The van der Waals surface area contributed by atoms with Crippen molar-refractivity contribution in [3.05, 3.63) is 0 Å². The maximum atomic E-state index is 6.04. The van der Waals surface area contributed by atoms with E-state index in [9.17, 15) is 0 Å². The van der Waals surface area contributed by atoms with E-state index in [0.717, 1.165) is 11.8 Å². The van der Waals surface area contributed by atoms with E-state index in [-0.39, 0.29) is 0 Å². The molecule has 4 aliphatic rings. The van der Waals surface area contributed by atoms with Crippen molar-refractivity contribution in [2.24, 2.45) is 23.7 Å². The predicted molar refractivity (Wildman–Crippen MR) is 129 cm³/mol. The molecule has 2 heteroatoms. The average Bonchev–Trinajstić information content (AvgIpc) is 2.84. The minimum absolute atomic E-state index is 0.404. The van der Waals surface area contributed by atoms with Crippen LogP contribution < -0.4 is 0 Å². The Kier molecular flexibility index (Phi) is 10.1. The minimum atomic E-state index is 0.404. The lowest BCUT2D eigenvalue weighted by Crippen LogP contribution is -2.25. The van der Waals surface area contributed by atoms with E-state index in [0.29, 0.717) is 30.8 Å². The van der Waals surface area contributed by atoms with E-state index < -0.39 is 0 Å². The average molecular weight is 429 g/mol. The zero-order valence-corrected chi connectivity index (χ0v) is 20.1. The SMILES string of the molecule is C(#CC1CCC(OCOC2CCCCC2)CC1)C1CCC(CCC2CCCCC2)CC1.